The first kappa shape index (κ1) is 21.5. The Morgan fingerprint density at radius 2 is 2.23 bits per heavy atom. The molecule has 0 bridgehead atoms. The van der Waals surface area contributed by atoms with E-state index in [-0.39, 0.29) is 24.0 Å². The van der Waals surface area contributed by atoms with Crippen LogP contribution < -0.4 is 0 Å². The Labute approximate surface area is 161 Å². The second-order valence-electron chi connectivity index (χ2n) is 7.31. The smallest absolute Gasteiger partial charge is 0.305 e. The fourth-order valence-electron chi connectivity index (χ4n) is 3.81. The van der Waals surface area contributed by atoms with Crippen LogP contribution in [-0.4, -0.2) is 52.3 Å². The van der Waals surface area contributed by atoms with Gasteiger partial charge in [0.2, 0.25) is 0 Å². The van der Waals surface area contributed by atoms with E-state index < -0.39 is 6.10 Å². The predicted molar refractivity (Wildman–Crippen MR) is 106 cm³/mol. The van der Waals surface area contributed by atoms with E-state index in [0.717, 1.165) is 49.3 Å². The number of rotatable bonds is 10. The van der Waals surface area contributed by atoms with E-state index >= 15 is 0 Å². The van der Waals surface area contributed by atoms with Crippen LogP contribution >= 0.6 is 11.8 Å². The lowest BCUT2D eigenvalue weighted by Gasteiger charge is -2.17. The van der Waals surface area contributed by atoms with Crippen molar-refractivity contribution in [2.75, 3.05) is 12.9 Å². The van der Waals surface area contributed by atoms with E-state index in [1.54, 1.807) is 11.8 Å². The third-order valence-electron chi connectivity index (χ3n) is 5.32. The van der Waals surface area contributed by atoms with Crippen molar-refractivity contribution in [1.82, 2.24) is 0 Å². The number of carbonyl (C=O) groups excluding carboxylic acids is 1. The van der Waals surface area contributed by atoms with Crippen molar-refractivity contribution in [3.05, 3.63) is 12.2 Å². The predicted octanol–water partition coefficient (Wildman–Crippen LogP) is 3.34. The highest BCUT2D eigenvalue weighted by atomic mass is 32.2. The lowest BCUT2D eigenvalue weighted by Crippen LogP contribution is -2.19. The summed E-state index contributed by atoms with van der Waals surface area (Å²) in [5, 5.41) is 21.6. The average Bonchev–Trinajstić information content (AvgIpc) is 3.13. The number of methoxy groups -OCH3 is 1. The fraction of sp³-hybridized carbons (Fsp3) is 0.800. The normalized spacial score (nSPS) is 29.0. The summed E-state index contributed by atoms with van der Waals surface area (Å²) in [6, 6.07) is 0.194. The van der Waals surface area contributed by atoms with E-state index in [2.05, 4.69) is 11.7 Å². The number of fused-ring (bicyclic) bond motifs is 1. The summed E-state index contributed by atoms with van der Waals surface area (Å²) in [5.41, 5.74) is 0. The van der Waals surface area contributed by atoms with Gasteiger partial charge < -0.3 is 14.9 Å². The van der Waals surface area contributed by atoms with E-state index in [9.17, 15) is 15.0 Å². The maximum atomic E-state index is 11.1. The van der Waals surface area contributed by atoms with Crippen LogP contribution in [0.4, 0.5) is 0 Å². The maximum absolute atomic E-state index is 11.1. The molecule has 26 heavy (non-hydrogen) atoms. The minimum Gasteiger partial charge on any atom is -0.469 e. The van der Waals surface area contributed by atoms with Crippen molar-refractivity contribution in [3.63, 3.8) is 0 Å². The minimum atomic E-state index is -0.415. The zero-order valence-corrected chi connectivity index (χ0v) is 16.8. The molecule has 1 heterocycles. The SMILES string of the molecule is CCCCC[C@@H](O)/C=C/[C@H]1[C@@H]2CC(SCCCC(=O)OC)=N[C@@H]2C[C@@H]1O. The molecule has 1 saturated carbocycles. The summed E-state index contributed by atoms with van der Waals surface area (Å²) in [5.74, 6) is 1.12. The van der Waals surface area contributed by atoms with E-state index in [4.69, 9.17) is 4.99 Å². The molecule has 0 aromatic rings. The van der Waals surface area contributed by atoms with Gasteiger partial charge in [0.25, 0.3) is 0 Å². The van der Waals surface area contributed by atoms with Crippen LogP contribution in [0.2, 0.25) is 0 Å². The summed E-state index contributed by atoms with van der Waals surface area (Å²) in [6.45, 7) is 2.16. The number of thioether (sulfide) groups is 1. The van der Waals surface area contributed by atoms with E-state index in [0.29, 0.717) is 18.8 Å². The largest absolute Gasteiger partial charge is 0.469 e. The van der Waals surface area contributed by atoms with Gasteiger partial charge >= 0.3 is 5.97 Å². The number of esters is 1. The Hall–Kier alpha value is -0.850. The number of aliphatic imine (C=N–C) groups is 1. The second-order valence-corrected chi connectivity index (χ2v) is 8.48. The molecule has 0 aromatic carbocycles. The van der Waals surface area contributed by atoms with Crippen molar-refractivity contribution in [1.29, 1.82) is 0 Å². The van der Waals surface area contributed by atoms with Gasteiger partial charge in [-0.3, -0.25) is 9.79 Å². The Kier molecular flexibility index (Phi) is 9.16. The first-order valence-corrected chi connectivity index (χ1v) is 10.8. The molecule has 1 fully saturated rings. The van der Waals surface area contributed by atoms with Gasteiger partial charge in [0.05, 0.1) is 30.4 Å². The molecule has 0 saturated heterocycles. The molecule has 2 aliphatic rings. The number of ether oxygens (including phenoxy) is 1. The molecule has 0 aromatic heterocycles. The number of nitrogens with zero attached hydrogens (tertiary/aromatic N) is 1. The summed E-state index contributed by atoms with van der Waals surface area (Å²) in [6.07, 6.45) is 10.1. The molecule has 2 N–H and O–H groups in total. The quantitative estimate of drug-likeness (QED) is 0.344. The summed E-state index contributed by atoms with van der Waals surface area (Å²) in [7, 11) is 1.41. The van der Waals surface area contributed by atoms with Gasteiger partial charge in [-0.05, 0) is 30.9 Å². The average molecular weight is 384 g/mol. The van der Waals surface area contributed by atoms with Crippen LogP contribution in [0.5, 0.6) is 0 Å². The Balaban J connectivity index is 1.76. The standard InChI is InChI=1S/C20H33NO4S/c1-3-4-5-7-14(22)9-10-15-16-12-19(21-17(16)13-18(15)23)26-11-6-8-20(24)25-2/h9-10,14-18,22-23H,3-8,11-13H2,1-2H3/b10-9+/t14-,15+,16+,17-,18+/m1/s1. The number of aliphatic hydroxyl groups is 2. The molecule has 2 rings (SSSR count). The number of hydrogen-bond donors (Lipinski definition) is 2. The first-order valence-electron chi connectivity index (χ1n) is 9.85. The fourth-order valence-corrected chi connectivity index (χ4v) is 4.86. The topological polar surface area (TPSA) is 79.1 Å². The summed E-state index contributed by atoms with van der Waals surface area (Å²) < 4.78 is 4.65. The van der Waals surface area contributed by atoms with Crippen LogP contribution in [0.25, 0.3) is 0 Å². The molecule has 6 heteroatoms. The van der Waals surface area contributed by atoms with Crippen molar-refractivity contribution in [3.8, 4) is 0 Å². The Bertz CT molecular complexity index is 508. The van der Waals surface area contributed by atoms with Crippen molar-refractivity contribution in [2.24, 2.45) is 16.8 Å². The molecule has 148 valence electrons. The van der Waals surface area contributed by atoms with Crippen molar-refractivity contribution >= 4 is 22.8 Å². The van der Waals surface area contributed by atoms with Gasteiger partial charge in [-0.1, -0.05) is 38.3 Å². The van der Waals surface area contributed by atoms with Gasteiger partial charge in [0.15, 0.2) is 0 Å². The van der Waals surface area contributed by atoms with Crippen LogP contribution in [0.15, 0.2) is 17.1 Å². The van der Waals surface area contributed by atoms with Gasteiger partial charge in [-0.2, -0.15) is 0 Å². The zero-order chi connectivity index (χ0) is 18.9. The van der Waals surface area contributed by atoms with Crippen LogP contribution in [0.1, 0.15) is 58.3 Å². The first-order chi connectivity index (χ1) is 12.5. The summed E-state index contributed by atoms with van der Waals surface area (Å²) >= 11 is 1.72. The molecule has 5 nitrogen and oxygen atoms in total. The lowest BCUT2D eigenvalue weighted by atomic mass is 9.91. The van der Waals surface area contributed by atoms with Gasteiger partial charge in [0.1, 0.15) is 0 Å². The van der Waals surface area contributed by atoms with Gasteiger partial charge in [0, 0.05) is 18.8 Å². The third kappa shape index (κ3) is 6.39. The molecule has 5 atom stereocenters. The minimum absolute atomic E-state index is 0.0812. The highest BCUT2D eigenvalue weighted by Gasteiger charge is 2.44. The lowest BCUT2D eigenvalue weighted by molar-refractivity contribution is -0.140. The van der Waals surface area contributed by atoms with Crippen molar-refractivity contribution < 1.29 is 19.7 Å². The van der Waals surface area contributed by atoms with Crippen LogP contribution in [0.3, 0.4) is 0 Å². The molecule has 0 amide bonds. The zero-order valence-electron chi connectivity index (χ0n) is 16.0. The highest BCUT2D eigenvalue weighted by Crippen LogP contribution is 2.43. The number of carbonyl (C=O) groups is 1. The Morgan fingerprint density at radius 3 is 2.96 bits per heavy atom. The molecule has 0 radical (unpaired) electrons. The second kappa shape index (κ2) is 11.1. The number of hydrogen-bond acceptors (Lipinski definition) is 6. The summed E-state index contributed by atoms with van der Waals surface area (Å²) in [4.78, 5) is 15.9. The molecule has 0 spiro atoms. The molecular weight excluding hydrogens is 350 g/mol. The third-order valence-corrected chi connectivity index (χ3v) is 6.41. The van der Waals surface area contributed by atoms with Gasteiger partial charge in [-0.15, -0.1) is 11.8 Å². The molecule has 1 aliphatic heterocycles. The number of aliphatic hydroxyl groups excluding tert-OH is 2. The monoisotopic (exact) mass is 383 g/mol. The maximum Gasteiger partial charge on any atom is 0.305 e. The van der Waals surface area contributed by atoms with E-state index in [1.807, 2.05) is 12.2 Å². The van der Waals surface area contributed by atoms with E-state index in [1.165, 1.54) is 7.11 Å². The molecule has 1 aliphatic carbocycles. The highest BCUT2D eigenvalue weighted by molar-refractivity contribution is 8.13. The van der Waals surface area contributed by atoms with Gasteiger partial charge in [-0.25, -0.2) is 0 Å². The van der Waals surface area contributed by atoms with Crippen LogP contribution in [-0.2, 0) is 9.53 Å². The number of unbranched alkanes of at least 4 members (excludes halogenated alkanes) is 2. The molecule has 0 unspecified atom stereocenters. The van der Waals surface area contributed by atoms with Crippen LogP contribution in [0, 0.1) is 11.8 Å². The molecular formula is C20H33NO4S. The van der Waals surface area contributed by atoms with Crippen molar-refractivity contribution in [2.45, 2.75) is 76.5 Å². The Morgan fingerprint density at radius 1 is 1.42 bits per heavy atom.